The van der Waals surface area contributed by atoms with Gasteiger partial charge in [-0.3, -0.25) is 0 Å². The molecule has 4 heteroatoms. The summed E-state index contributed by atoms with van der Waals surface area (Å²) in [6.07, 6.45) is 0. The van der Waals surface area contributed by atoms with E-state index in [1.165, 1.54) is 16.0 Å². The number of aryl methyl sites for hydroxylation is 1. The van der Waals surface area contributed by atoms with E-state index in [4.69, 9.17) is 0 Å². The zero-order chi connectivity index (χ0) is 12.4. The lowest BCUT2D eigenvalue weighted by Gasteiger charge is -2.17. The first-order valence-electron chi connectivity index (χ1n) is 5.29. The van der Waals surface area contributed by atoms with Crippen molar-refractivity contribution in [2.75, 3.05) is 7.05 Å². The number of hydrogen-bond donors (Lipinski definition) is 1. The Balaban J connectivity index is 2.45. The van der Waals surface area contributed by atoms with Gasteiger partial charge in [0, 0.05) is 13.8 Å². The molecule has 1 N–H and O–H groups in total. The first-order valence-corrected chi connectivity index (χ1v) is 7.75. The average Bonchev–Trinajstić information content (AvgIpc) is 2.65. The highest BCUT2D eigenvalue weighted by Crippen LogP contribution is 2.32. The molecule has 2 rings (SSSR count). The van der Waals surface area contributed by atoms with Crippen LogP contribution in [0.2, 0.25) is 0 Å². The van der Waals surface area contributed by atoms with Crippen molar-refractivity contribution >= 4 is 43.2 Å². The molecule has 1 aromatic carbocycles. The first kappa shape index (κ1) is 13.3. The summed E-state index contributed by atoms with van der Waals surface area (Å²) in [5, 5.41) is 5.53. The Bertz CT molecular complexity index is 502. The van der Waals surface area contributed by atoms with Crippen molar-refractivity contribution < 1.29 is 0 Å². The standard InChI is InChI=1S/C13H13Br2NS/c1-8-3-4-17-13(8)12(16-2)9-5-10(14)7-11(15)6-9/h3-7,12,16H,1-2H3. The van der Waals surface area contributed by atoms with Gasteiger partial charge in [-0.2, -0.15) is 0 Å². The van der Waals surface area contributed by atoms with Crippen LogP contribution in [-0.4, -0.2) is 7.05 Å². The van der Waals surface area contributed by atoms with Gasteiger partial charge in [-0.15, -0.1) is 11.3 Å². The van der Waals surface area contributed by atoms with Gasteiger partial charge in [0.1, 0.15) is 0 Å². The summed E-state index contributed by atoms with van der Waals surface area (Å²) in [7, 11) is 2.00. The zero-order valence-electron chi connectivity index (χ0n) is 9.63. The van der Waals surface area contributed by atoms with Crippen LogP contribution in [0.4, 0.5) is 0 Å². The van der Waals surface area contributed by atoms with Crippen LogP contribution in [0.5, 0.6) is 0 Å². The molecule has 1 atom stereocenters. The van der Waals surface area contributed by atoms with Crippen LogP contribution in [0.15, 0.2) is 38.6 Å². The fraction of sp³-hybridized carbons (Fsp3) is 0.231. The molecule has 17 heavy (non-hydrogen) atoms. The molecule has 1 nitrogen and oxygen atoms in total. The molecule has 1 heterocycles. The third-order valence-corrected chi connectivity index (χ3v) is 4.67. The van der Waals surface area contributed by atoms with E-state index in [0.29, 0.717) is 0 Å². The molecule has 2 aromatic rings. The minimum absolute atomic E-state index is 0.254. The lowest BCUT2D eigenvalue weighted by molar-refractivity contribution is 0.699. The van der Waals surface area contributed by atoms with E-state index < -0.39 is 0 Å². The number of benzene rings is 1. The second-order valence-electron chi connectivity index (χ2n) is 3.89. The number of halogens is 2. The third-order valence-electron chi connectivity index (χ3n) is 2.67. The molecule has 0 saturated carbocycles. The topological polar surface area (TPSA) is 12.0 Å². The summed E-state index contributed by atoms with van der Waals surface area (Å²) >= 11 is 8.87. The van der Waals surface area contributed by atoms with Crippen LogP contribution in [0.25, 0.3) is 0 Å². The summed E-state index contributed by atoms with van der Waals surface area (Å²) in [5.41, 5.74) is 2.60. The molecule has 90 valence electrons. The van der Waals surface area contributed by atoms with Gasteiger partial charge < -0.3 is 5.32 Å². The Labute approximate surface area is 123 Å². The molecule has 0 aliphatic heterocycles. The Kier molecular flexibility index (Phi) is 4.42. The summed E-state index contributed by atoms with van der Waals surface area (Å²) in [6, 6.07) is 8.79. The zero-order valence-corrected chi connectivity index (χ0v) is 13.6. The van der Waals surface area contributed by atoms with E-state index in [2.05, 4.69) is 73.7 Å². The molecule has 0 bridgehead atoms. The number of thiophene rings is 1. The van der Waals surface area contributed by atoms with E-state index in [-0.39, 0.29) is 6.04 Å². The molecular formula is C13H13Br2NS. The number of rotatable bonds is 3. The SMILES string of the molecule is CNC(c1cc(Br)cc(Br)c1)c1sccc1C. The van der Waals surface area contributed by atoms with Gasteiger partial charge in [0.25, 0.3) is 0 Å². The molecule has 0 aliphatic rings. The molecule has 0 saturated heterocycles. The Morgan fingerprint density at radius 1 is 1.18 bits per heavy atom. The molecule has 1 unspecified atom stereocenters. The average molecular weight is 375 g/mol. The Morgan fingerprint density at radius 2 is 1.82 bits per heavy atom. The molecule has 0 spiro atoms. The van der Waals surface area contributed by atoms with E-state index in [1.807, 2.05) is 7.05 Å². The summed E-state index contributed by atoms with van der Waals surface area (Å²) in [5.74, 6) is 0. The van der Waals surface area contributed by atoms with Crippen LogP contribution >= 0.6 is 43.2 Å². The van der Waals surface area contributed by atoms with Crippen molar-refractivity contribution in [3.05, 3.63) is 54.6 Å². The van der Waals surface area contributed by atoms with Crippen molar-refractivity contribution in [3.63, 3.8) is 0 Å². The van der Waals surface area contributed by atoms with Crippen molar-refractivity contribution in [1.82, 2.24) is 5.32 Å². The quantitative estimate of drug-likeness (QED) is 0.806. The van der Waals surface area contributed by atoms with Crippen molar-refractivity contribution in [1.29, 1.82) is 0 Å². The Hall–Kier alpha value is -0.160. The normalized spacial score (nSPS) is 12.7. The maximum atomic E-state index is 3.54. The number of hydrogen-bond acceptors (Lipinski definition) is 2. The first-order chi connectivity index (χ1) is 8.11. The summed E-state index contributed by atoms with van der Waals surface area (Å²) < 4.78 is 2.19. The summed E-state index contributed by atoms with van der Waals surface area (Å²) in [4.78, 5) is 1.37. The predicted octanol–water partition coefficient (Wildman–Crippen LogP) is 4.89. The lowest BCUT2D eigenvalue weighted by Crippen LogP contribution is -2.17. The van der Waals surface area contributed by atoms with E-state index in [0.717, 1.165) is 8.95 Å². The van der Waals surface area contributed by atoms with Gasteiger partial charge in [0.2, 0.25) is 0 Å². The van der Waals surface area contributed by atoms with Crippen molar-refractivity contribution in [3.8, 4) is 0 Å². The van der Waals surface area contributed by atoms with Crippen LogP contribution in [0, 0.1) is 6.92 Å². The van der Waals surface area contributed by atoms with Crippen molar-refractivity contribution in [2.45, 2.75) is 13.0 Å². The van der Waals surface area contributed by atoms with Gasteiger partial charge in [0.15, 0.2) is 0 Å². The maximum absolute atomic E-state index is 3.54. The minimum atomic E-state index is 0.254. The highest BCUT2D eigenvalue weighted by atomic mass is 79.9. The monoisotopic (exact) mass is 373 g/mol. The van der Waals surface area contributed by atoms with E-state index >= 15 is 0 Å². The van der Waals surface area contributed by atoms with Gasteiger partial charge in [-0.1, -0.05) is 31.9 Å². The highest BCUT2D eigenvalue weighted by molar-refractivity contribution is 9.11. The molecule has 1 aromatic heterocycles. The van der Waals surface area contributed by atoms with Gasteiger partial charge in [-0.05, 0) is 54.7 Å². The summed E-state index contributed by atoms with van der Waals surface area (Å²) in [6.45, 7) is 2.16. The Morgan fingerprint density at radius 3 is 2.29 bits per heavy atom. The largest absolute Gasteiger partial charge is 0.309 e. The van der Waals surface area contributed by atoms with Gasteiger partial charge >= 0.3 is 0 Å². The fourth-order valence-electron chi connectivity index (χ4n) is 1.87. The second-order valence-corrected chi connectivity index (χ2v) is 6.67. The second kappa shape index (κ2) is 5.65. The molecular weight excluding hydrogens is 362 g/mol. The van der Waals surface area contributed by atoms with Crippen LogP contribution in [0.3, 0.4) is 0 Å². The molecule has 0 amide bonds. The molecule has 0 radical (unpaired) electrons. The maximum Gasteiger partial charge on any atom is 0.0672 e. The van der Waals surface area contributed by atoms with Gasteiger partial charge in [-0.25, -0.2) is 0 Å². The lowest BCUT2D eigenvalue weighted by atomic mass is 10.0. The molecule has 0 aliphatic carbocycles. The van der Waals surface area contributed by atoms with Crippen LogP contribution in [0.1, 0.15) is 22.0 Å². The van der Waals surface area contributed by atoms with Crippen LogP contribution < -0.4 is 5.32 Å². The predicted molar refractivity (Wildman–Crippen MR) is 81.8 cm³/mol. The highest BCUT2D eigenvalue weighted by Gasteiger charge is 2.16. The minimum Gasteiger partial charge on any atom is -0.309 e. The van der Waals surface area contributed by atoms with E-state index in [9.17, 15) is 0 Å². The van der Waals surface area contributed by atoms with Crippen molar-refractivity contribution in [2.24, 2.45) is 0 Å². The number of nitrogens with one attached hydrogen (secondary N) is 1. The third kappa shape index (κ3) is 2.99. The van der Waals surface area contributed by atoms with Crippen LogP contribution in [-0.2, 0) is 0 Å². The smallest absolute Gasteiger partial charge is 0.0672 e. The fourth-order valence-corrected chi connectivity index (χ4v) is 4.26. The van der Waals surface area contributed by atoms with Gasteiger partial charge in [0.05, 0.1) is 6.04 Å². The van der Waals surface area contributed by atoms with E-state index in [1.54, 1.807) is 11.3 Å². The molecule has 0 fully saturated rings.